The van der Waals surface area contributed by atoms with E-state index < -0.39 is 14.2 Å². The van der Waals surface area contributed by atoms with Crippen molar-refractivity contribution in [1.82, 2.24) is 0 Å². The van der Waals surface area contributed by atoms with Crippen LogP contribution in [0.4, 0.5) is 0 Å². The highest BCUT2D eigenvalue weighted by atomic mass is 127. The van der Waals surface area contributed by atoms with Crippen LogP contribution >= 0.6 is 58.0 Å². The molecule has 0 radical (unpaired) electrons. The first kappa shape index (κ1) is 68.5. The topological polar surface area (TPSA) is 155 Å². The van der Waals surface area contributed by atoms with Gasteiger partial charge in [0.15, 0.2) is 6.29 Å². The highest BCUT2D eigenvalue weighted by Gasteiger charge is 2.51. The highest BCUT2D eigenvalue weighted by Crippen LogP contribution is 2.37. The maximum absolute atomic E-state index is 11.2. The van der Waals surface area contributed by atoms with Crippen molar-refractivity contribution in [2.24, 2.45) is 21.1 Å². The number of benzene rings is 7. The number of rotatable bonds is 14. The van der Waals surface area contributed by atoms with E-state index in [0.717, 1.165) is 38.5 Å². The molecular formula is C63H65B2I3N3O9S3+. The maximum Gasteiger partial charge on any atom is 0.494 e. The number of carbonyl (C=O) groups excluding carboxylic acids is 2. The first-order valence-corrected chi connectivity index (χ1v) is 28.2. The van der Waals surface area contributed by atoms with Gasteiger partial charge in [-0.1, -0.05) is 125 Å². The van der Waals surface area contributed by atoms with Crippen LogP contribution in [0, 0.1) is 6.92 Å². The van der Waals surface area contributed by atoms with Crippen LogP contribution in [0.15, 0.2) is 158 Å². The lowest BCUT2D eigenvalue weighted by atomic mass is 9.79. The van der Waals surface area contributed by atoms with Crippen LogP contribution in [0.25, 0.3) is 55.0 Å². The zero-order chi connectivity index (χ0) is 55.8. The Kier molecular flexibility index (Phi) is 25.4. The van der Waals surface area contributed by atoms with Crippen molar-refractivity contribution in [2.45, 2.75) is 59.0 Å². The molecule has 11 rings (SSSR count). The molecule has 83 heavy (non-hydrogen) atoms. The third kappa shape index (κ3) is 16.6. The van der Waals surface area contributed by atoms with Crippen LogP contribution < -0.4 is 82.1 Å². The van der Waals surface area contributed by atoms with Gasteiger partial charge >= 0.3 is 14.2 Å². The molecule has 1 fully saturated rings. The van der Waals surface area contributed by atoms with E-state index >= 15 is 0 Å². The molecule has 0 aliphatic carbocycles. The molecule has 12 nitrogen and oxygen atoms in total. The van der Waals surface area contributed by atoms with E-state index in [1.807, 2.05) is 81.5 Å². The van der Waals surface area contributed by atoms with E-state index in [4.69, 9.17) is 18.8 Å². The summed E-state index contributed by atoms with van der Waals surface area (Å²) in [6.45, 7) is 10.9. The molecule has 1 saturated heterocycles. The van der Waals surface area contributed by atoms with Crippen molar-refractivity contribution in [1.29, 1.82) is 0 Å². The summed E-state index contributed by atoms with van der Waals surface area (Å²) in [7, 11) is 4.42. The van der Waals surface area contributed by atoms with Gasteiger partial charge in [-0.3, -0.25) is 9.59 Å². The summed E-state index contributed by atoms with van der Waals surface area (Å²) >= 11 is 5.37. The van der Waals surface area contributed by atoms with E-state index in [-0.39, 0.29) is 88.6 Å². The van der Waals surface area contributed by atoms with E-state index in [2.05, 4.69) is 151 Å². The number of aromatic nitrogens is 3. The van der Waals surface area contributed by atoms with Crippen molar-refractivity contribution < 1.29 is 106 Å². The Hall–Kier alpha value is -5.25. The molecule has 10 aromatic rings. The van der Waals surface area contributed by atoms with Crippen LogP contribution in [0.3, 0.4) is 0 Å². The number of ether oxygens (including phenoxy) is 2. The average Bonchev–Trinajstić information content (AvgIpc) is 4.37. The van der Waals surface area contributed by atoms with Gasteiger partial charge in [0.25, 0.3) is 10.0 Å². The molecule has 0 atom stereocenters. The van der Waals surface area contributed by atoms with Crippen LogP contribution in [-0.4, -0.2) is 53.5 Å². The van der Waals surface area contributed by atoms with Gasteiger partial charge < -0.3 is 82.3 Å². The van der Waals surface area contributed by atoms with Crippen molar-refractivity contribution in [3.05, 3.63) is 206 Å². The van der Waals surface area contributed by atoms with Crippen molar-refractivity contribution in [3.63, 3.8) is 0 Å². The lowest BCUT2D eigenvalue weighted by Gasteiger charge is -2.32. The lowest BCUT2D eigenvalue weighted by Crippen LogP contribution is -3.00. The first-order chi connectivity index (χ1) is 38.0. The molecule has 20 heteroatoms. The number of para-hydroxylation sites is 3. The van der Waals surface area contributed by atoms with Gasteiger partial charge in [-0.15, -0.1) is 24.0 Å². The number of thiazole rings is 3. The summed E-state index contributed by atoms with van der Waals surface area (Å²) in [6, 6.07) is 51.2. The molecule has 3 aromatic heterocycles. The second-order valence-electron chi connectivity index (χ2n) is 20.1. The standard InChI is InChI=1S/C33H29BN2O3S2.C21H23BO5.C9H10NS.3HI.H2O/c1-35-27-7-3-5-9-30(27)40-32(35)19-14-23-13-18-29(39-22-24-11-16-26(17-12-24)34(37)38)25(21-23)15-20-33-36(2)28-8-4-6-10-31(28)41-33;1-20(2)21(3,4)27-22(26-20)18-8-5-15(6-9-18)14-25-19-10-7-16(12-23)11-17(19)13-24;1-7-10(2)8-5-3-4-6-9(8)11-7;;;;/h3-21,37-38H,22H2,1-2H3;5-13H,14H2,1-4H3;3-6H,1-2H3;3*1H;1H2/q+2;;+1;;;;/p-2/b19-14+,20-15+;;;;;;. The fourth-order valence-corrected chi connectivity index (χ4v) is 11.8. The molecule has 7 aromatic carbocycles. The number of nitrogens with zero attached hydrogens (tertiary/aromatic N) is 3. The van der Waals surface area contributed by atoms with Crippen LogP contribution in [0.1, 0.15) is 85.7 Å². The van der Waals surface area contributed by atoms with Crippen molar-refractivity contribution >= 4 is 151 Å². The van der Waals surface area contributed by atoms with Gasteiger partial charge in [0.05, 0.1) is 16.8 Å². The molecule has 0 amide bonds. The fraction of sp³-hybridized carbons (Fsp3) is 0.190. The number of aryl methyl sites for hydroxylation is 4. The highest BCUT2D eigenvalue weighted by molar-refractivity contribution is 14.0. The van der Waals surface area contributed by atoms with E-state index in [9.17, 15) is 19.6 Å². The summed E-state index contributed by atoms with van der Waals surface area (Å²) in [6.07, 6.45) is 9.95. The fourth-order valence-electron chi connectivity index (χ4n) is 8.73. The molecule has 0 spiro atoms. The number of fused-ring (bicyclic) bond motifs is 3. The predicted octanol–water partition coefficient (Wildman–Crippen LogP) is 4.39. The summed E-state index contributed by atoms with van der Waals surface area (Å²) in [4.78, 5) is 22.0. The minimum atomic E-state index is -1.48. The normalized spacial score (nSPS) is 13.0. The summed E-state index contributed by atoms with van der Waals surface area (Å²) in [5.41, 5.74) is 9.16. The van der Waals surface area contributed by atoms with Gasteiger partial charge in [-0.2, -0.15) is 13.7 Å². The smallest absolute Gasteiger partial charge is 0.494 e. The van der Waals surface area contributed by atoms with E-state index in [1.54, 1.807) is 46.9 Å². The van der Waals surface area contributed by atoms with Gasteiger partial charge in [0.2, 0.25) is 21.6 Å². The summed E-state index contributed by atoms with van der Waals surface area (Å²) in [5, 5.41) is 22.4. The van der Waals surface area contributed by atoms with Gasteiger partial charge in [-0.25, -0.2) is 0 Å². The number of hydrogen-bond acceptors (Lipinski definition) is 11. The summed E-state index contributed by atoms with van der Waals surface area (Å²) < 4.78 is 34.6. The second kappa shape index (κ2) is 30.7. The molecule has 430 valence electrons. The van der Waals surface area contributed by atoms with Crippen LogP contribution in [0.2, 0.25) is 0 Å². The lowest BCUT2D eigenvalue weighted by molar-refractivity contribution is -0.646. The Balaban J connectivity index is 0.000000258. The third-order valence-electron chi connectivity index (χ3n) is 14.2. The van der Waals surface area contributed by atoms with Crippen molar-refractivity contribution in [2.75, 3.05) is 0 Å². The Labute approximate surface area is 548 Å². The second-order valence-corrected chi connectivity index (χ2v) is 23.5. The quantitative estimate of drug-likeness (QED) is 0.0705. The van der Waals surface area contributed by atoms with E-state index in [1.165, 1.54) is 46.7 Å². The zero-order valence-electron chi connectivity index (χ0n) is 47.1. The minimum absolute atomic E-state index is 0. The first-order valence-electron chi connectivity index (χ1n) is 25.8. The molecule has 0 unspecified atom stereocenters. The minimum Gasteiger partial charge on any atom is -1.00 e. The SMILES string of the molecule is CC1(C)OB(c2ccc(COc3ccc(C=O)cc3C=O)cc2)OC1(C)C.C[n+]1c(/C=C/c2ccc(OCc3ccc(B(O)O)cc3)c(/C=C/c3sc4ccccc4[n+]3C)c2)sc2ccccc21.Cc1sc2ccccc2[n+]1C.I.O.[I-].[I-]. The number of carbonyl (C=O) groups is 2. The Morgan fingerprint density at radius 1 is 0.542 bits per heavy atom. The average molecular weight is 1510 g/mol. The number of aldehydes is 2. The molecule has 1 aliphatic rings. The number of hydrogen-bond donors (Lipinski definition) is 2. The molecule has 0 bridgehead atoms. The van der Waals surface area contributed by atoms with Crippen molar-refractivity contribution in [3.8, 4) is 11.5 Å². The maximum atomic E-state index is 11.2. The zero-order valence-corrected chi connectivity index (χ0v) is 56.2. The van der Waals surface area contributed by atoms with Gasteiger partial charge in [0.1, 0.15) is 66.2 Å². The molecular weight excluding hydrogens is 1440 g/mol. The van der Waals surface area contributed by atoms with Gasteiger partial charge in [-0.05, 0) is 116 Å². The van der Waals surface area contributed by atoms with Crippen LogP contribution in [0.5, 0.6) is 11.5 Å². The van der Waals surface area contributed by atoms with Gasteiger partial charge in [0, 0.05) is 48.4 Å². The molecule has 4 N–H and O–H groups in total. The third-order valence-corrected chi connectivity index (χ3v) is 17.7. The van der Waals surface area contributed by atoms with Crippen LogP contribution in [-0.2, 0) is 43.7 Å². The molecule has 1 aliphatic heterocycles. The Bertz CT molecular complexity index is 3850. The molecule has 4 heterocycles. The summed E-state index contributed by atoms with van der Waals surface area (Å²) in [5.74, 6) is 1.23. The number of halogens is 3. The predicted molar refractivity (Wildman–Crippen MR) is 341 cm³/mol. The van der Waals surface area contributed by atoms with E-state index in [0.29, 0.717) is 48.1 Å². The monoisotopic (exact) mass is 1510 g/mol. The largest absolute Gasteiger partial charge is 1.00 e. The Morgan fingerprint density at radius 2 is 0.976 bits per heavy atom. The molecule has 0 saturated carbocycles. The Morgan fingerprint density at radius 3 is 1.45 bits per heavy atom.